The first-order valence-electron chi connectivity index (χ1n) is 4.08. The van der Waals surface area contributed by atoms with E-state index >= 15 is 0 Å². The van der Waals surface area contributed by atoms with Crippen molar-refractivity contribution in [3.63, 3.8) is 0 Å². The van der Waals surface area contributed by atoms with Gasteiger partial charge in [-0.2, -0.15) is 0 Å². The number of halogens is 3. The van der Waals surface area contributed by atoms with Gasteiger partial charge in [0.15, 0.2) is 0 Å². The first-order chi connectivity index (χ1) is 5.02. The van der Waals surface area contributed by atoms with Crippen molar-refractivity contribution >= 4 is 39.2 Å². The molecule has 0 radical (unpaired) electrons. The molecule has 0 atom stereocenters. The van der Waals surface area contributed by atoms with Crippen LogP contribution < -0.4 is 0 Å². The summed E-state index contributed by atoms with van der Waals surface area (Å²) in [5.41, 5.74) is 0. The van der Waals surface area contributed by atoms with Gasteiger partial charge in [-0.3, -0.25) is 0 Å². The molecule has 0 aliphatic heterocycles. The van der Waals surface area contributed by atoms with Gasteiger partial charge in [-0.25, -0.2) is 0 Å². The van der Waals surface area contributed by atoms with Crippen molar-refractivity contribution in [1.29, 1.82) is 0 Å². The third-order valence-electron chi connectivity index (χ3n) is 2.84. The fraction of sp³-hybridized carbons (Fsp3) is 1.00. The van der Waals surface area contributed by atoms with E-state index in [0.29, 0.717) is 0 Å². The highest BCUT2D eigenvalue weighted by Crippen LogP contribution is 2.59. The molecule has 0 nitrogen and oxygen atoms in total. The maximum Gasteiger partial charge on any atom is 0.347 e. The van der Waals surface area contributed by atoms with E-state index in [9.17, 15) is 0 Å². The zero-order chi connectivity index (χ0) is 8.54. The van der Waals surface area contributed by atoms with Gasteiger partial charge in [0.1, 0.15) is 0 Å². The Labute approximate surface area is 83.3 Å². The second-order valence-corrected chi connectivity index (χ2v) is 12.2. The second kappa shape index (κ2) is 3.45. The SMILES string of the molecule is CCC1([Si](Cl)(Cl)Cl)CCCC1. The fourth-order valence-electron chi connectivity index (χ4n) is 1.89. The van der Waals surface area contributed by atoms with Gasteiger partial charge in [-0.15, -0.1) is 33.2 Å². The largest absolute Gasteiger partial charge is 0.347 e. The van der Waals surface area contributed by atoms with Crippen molar-refractivity contribution in [2.24, 2.45) is 0 Å². The van der Waals surface area contributed by atoms with Gasteiger partial charge >= 0.3 is 6.00 Å². The first-order valence-corrected chi connectivity index (χ1v) is 9.12. The Morgan fingerprint density at radius 3 is 1.82 bits per heavy atom. The Bertz CT molecular complexity index is 135. The quantitative estimate of drug-likeness (QED) is 0.489. The lowest BCUT2D eigenvalue weighted by Crippen LogP contribution is -2.30. The molecular weight excluding hydrogens is 219 g/mol. The highest BCUT2D eigenvalue weighted by atomic mass is 35.8. The molecule has 1 saturated carbocycles. The predicted molar refractivity (Wildman–Crippen MR) is 54.8 cm³/mol. The van der Waals surface area contributed by atoms with Crippen LogP contribution in [0.5, 0.6) is 0 Å². The summed E-state index contributed by atoms with van der Waals surface area (Å²) in [5.74, 6) is 0. The fourth-order valence-corrected chi connectivity index (χ4v) is 6.11. The summed E-state index contributed by atoms with van der Waals surface area (Å²) in [7, 11) is 0. The minimum absolute atomic E-state index is 0.109. The summed E-state index contributed by atoms with van der Waals surface area (Å²) in [6.45, 7) is 2.14. The van der Waals surface area contributed by atoms with Crippen LogP contribution in [0.15, 0.2) is 0 Å². The summed E-state index contributed by atoms with van der Waals surface area (Å²) in [4.78, 5) is 0. The van der Waals surface area contributed by atoms with Crippen molar-refractivity contribution in [1.82, 2.24) is 0 Å². The van der Waals surface area contributed by atoms with E-state index in [1.165, 1.54) is 12.8 Å². The zero-order valence-electron chi connectivity index (χ0n) is 6.67. The van der Waals surface area contributed by atoms with Crippen LogP contribution in [-0.2, 0) is 0 Å². The highest BCUT2D eigenvalue weighted by Gasteiger charge is 2.51. The van der Waals surface area contributed by atoms with Gasteiger partial charge in [-0.1, -0.05) is 19.8 Å². The number of hydrogen-bond donors (Lipinski definition) is 0. The van der Waals surface area contributed by atoms with Gasteiger partial charge in [0.05, 0.1) is 0 Å². The average Bonchev–Trinajstić information content (AvgIpc) is 2.33. The Kier molecular flexibility index (Phi) is 3.19. The molecule has 0 aromatic carbocycles. The maximum absolute atomic E-state index is 6.07. The molecule has 1 fully saturated rings. The predicted octanol–water partition coefficient (Wildman–Crippen LogP) is 4.37. The van der Waals surface area contributed by atoms with E-state index in [1.54, 1.807) is 0 Å². The van der Waals surface area contributed by atoms with Gasteiger partial charge in [0, 0.05) is 5.04 Å². The molecule has 0 aromatic rings. The Hall–Kier alpha value is 1.09. The third-order valence-corrected chi connectivity index (χ3v) is 8.50. The van der Waals surface area contributed by atoms with Gasteiger partial charge in [-0.05, 0) is 19.3 Å². The summed E-state index contributed by atoms with van der Waals surface area (Å²) < 4.78 is 0. The highest BCUT2D eigenvalue weighted by molar-refractivity contribution is 7.65. The van der Waals surface area contributed by atoms with Crippen LogP contribution in [0.25, 0.3) is 0 Å². The second-order valence-electron chi connectivity index (χ2n) is 3.34. The van der Waals surface area contributed by atoms with Crippen molar-refractivity contribution < 1.29 is 0 Å². The molecule has 1 aliphatic rings. The standard InChI is InChI=1S/C7H13Cl3Si/c1-2-7(11(8,9)10)5-3-4-6-7/h2-6H2,1H3. The smallest absolute Gasteiger partial charge is 0.125 e. The molecular formula is C7H13Cl3Si. The van der Waals surface area contributed by atoms with Gasteiger partial charge in [0.2, 0.25) is 0 Å². The molecule has 0 bridgehead atoms. The lowest BCUT2D eigenvalue weighted by atomic mass is 10.0. The average molecular weight is 232 g/mol. The summed E-state index contributed by atoms with van der Waals surface area (Å²) in [6.07, 6.45) is 5.79. The molecule has 0 aromatic heterocycles. The van der Waals surface area contributed by atoms with Crippen molar-refractivity contribution in [2.75, 3.05) is 0 Å². The van der Waals surface area contributed by atoms with Crippen LogP contribution in [0, 0.1) is 0 Å². The van der Waals surface area contributed by atoms with E-state index < -0.39 is 6.00 Å². The minimum Gasteiger partial charge on any atom is -0.125 e. The molecule has 1 rings (SSSR count). The molecule has 1 aliphatic carbocycles. The zero-order valence-corrected chi connectivity index (χ0v) is 9.94. The normalized spacial score (nSPS) is 24.0. The third kappa shape index (κ3) is 1.88. The summed E-state index contributed by atoms with van der Waals surface area (Å²) in [6, 6.07) is -2.46. The molecule has 0 amide bonds. The molecule has 0 spiro atoms. The van der Waals surface area contributed by atoms with Crippen LogP contribution in [0.4, 0.5) is 0 Å². The molecule has 11 heavy (non-hydrogen) atoms. The van der Waals surface area contributed by atoms with Gasteiger partial charge < -0.3 is 0 Å². The molecule has 0 saturated heterocycles. The number of rotatable bonds is 2. The molecule has 66 valence electrons. The van der Waals surface area contributed by atoms with E-state index in [2.05, 4.69) is 6.92 Å². The van der Waals surface area contributed by atoms with Gasteiger partial charge in [0.25, 0.3) is 0 Å². The van der Waals surface area contributed by atoms with Crippen LogP contribution >= 0.6 is 33.2 Å². The van der Waals surface area contributed by atoms with E-state index in [1.807, 2.05) is 0 Å². The van der Waals surface area contributed by atoms with Crippen LogP contribution in [-0.4, -0.2) is 6.00 Å². The van der Waals surface area contributed by atoms with Crippen LogP contribution in [0.1, 0.15) is 39.0 Å². The monoisotopic (exact) mass is 230 g/mol. The van der Waals surface area contributed by atoms with E-state index in [0.717, 1.165) is 19.3 Å². The van der Waals surface area contributed by atoms with Crippen molar-refractivity contribution in [3.8, 4) is 0 Å². The van der Waals surface area contributed by atoms with Crippen molar-refractivity contribution in [3.05, 3.63) is 0 Å². The Morgan fingerprint density at radius 2 is 1.64 bits per heavy atom. The first kappa shape index (κ1) is 10.2. The van der Waals surface area contributed by atoms with Crippen LogP contribution in [0.3, 0.4) is 0 Å². The number of hydrogen-bond acceptors (Lipinski definition) is 0. The Morgan fingerprint density at radius 1 is 1.18 bits per heavy atom. The molecule has 4 heteroatoms. The maximum atomic E-state index is 6.07. The van der Waals surface area contributed by atoms with E-state index in [-0.39, 0.29) is 5.04 Å². The minimum atomic E-state index is -2.46. The summed E-state index contributed by atoms with van der Waals surface area (Å²) in [5, 5.41) is 0.109. The molecule has 0 unspecified atom stereocenters. The van der Waals surface area contributed by atoms with Crippen LogP contribution in [0.2, 0.25) is 5.04 Å². The van der Waals surface area contributed by atoms with Crippen molar-refractivity contribution in [2.45, 2.75) is 44.1 Å². The van der Waals surface area contributed by atoms with E-state index in [4.69, 9.17) is 33.2 Å². The topological polar surface area (TPSA) is 0 Å². The molecule has 0 N–H and O–H groups in total. The molecule has 0 heterocycles. The lowest BCUT2D eigenvalue weighted by molar-refractivity contribution is 0.549. The summed E-state index contributed by atoms with van der Waals surface area (Å²) >= 11 is 18.2. The Balaban J connectivity index is 2.75. The lowest BCUT2D eigenvalue weighted by Gasteiger charge is -2.32.